The van der Waals surface area contributed by atoms with Crippen LogP contribution in [0.15, 0.2) is 42.7 Å². The molecular formula is C15H13ClN6. The van der Waals surface area contributed by atoms with Gasteiger partial charge in [0.15, 0.2) is 0 Å². The van der Waals surface area contributed by atoms with E-state index in [9.17, 15) is 0 Å². The van der Waals surface area contributed by atoms with Crippen LogP contribution in [-0.2, 0) is 0 Å². The summed E-state index contributed by atoms with van der Waals surface area (Å²) in [5, 5.41) is 11.5. The molecule has 0 radical (unpaired) electrons. The van der Waals surface area contributed by atoms with Crippen molar-refractivity contribution in [3.63, 3.8) is 0 Å². The number of hydrogen-bond acceptors (Lipinski definition) is 5. The molecule has 22 heavy (non-hydrogen) atoms. The fourth-order valence-electron chi connectivity index (χ4n) is 2.24. The quantitative estimate of drug-likeness (QED) is 0.748. The molecule has 1 aromatic carbocycles. The summed E-state index contributed by atoms with van der Waals surface area (Å²) in [6.07, 6.45) is 5.72. The highest BCUT2D eigenvalue weighted by molar-refractivity contribution is 6.29. The Labute approximate surface area is 132 Å². The first-order valence-electron chi connectivity index (χ1n) is 7.06. The van der Waals surface area contributed by atoms with Gasteiger partial charge in [-0.05, 0) is 31.0 Å². The summed E-state index contributed by atoms with van der Waals surface area (Å²) in [5.74, 6) is 1.99. The Hall–Kier alpha value is -2.47. The zero-order chi connectivity index (χ0) is 14.9. The highest BCUT2D eigenvalue weighted by Gasteiger charge is 2.27. The molecule has 4 rings (SSSR count). The van der Waals surface area contributed by atoms with Crippen LogP contribution in [0.5, 0.6) is 0 Å². The number of hydrogen-bond donors (Lipinski definition) is 1. The summed E-state index contributed by atoms with van der Waals surface area (Å²) in [6.45, 7) is 0. The number of benzene rings is 1. The van der Waals surface area contributed by atoms with Gasteiger partial charge in [0, 0.05) is 17.7 Å². The average molecular weight is 313 g/mol. The van der Waals surface area contributed by atoms with E-state index < -0.39 is 0 Å². The molecule has 3 aromatic rings. The van der Waals surface area contributed by atoms with Crippen molar-refractivity contribution in [1.29, 1.82) is 0 Å². The second-order valence-electron chi connectivity index (χ2n) is 5.23. The van der Waals surface area contributed by atoms with E-state index in [0.29, 0.717) is 16.9 Å². The van der Waals surface area contributed by atoms with Gasteiger partial charge in [-0.1, -0.05) is 22.9 Å². The molecule has 0 bridgehead atoms. The van der Waals surface area contributed by atoms with Gasteiger partial charge in [0.1, 0.15) is 16.8 Å². The Bertz CT molecular complexity index is 798. The van der Waals surface area contributed by atoms with E-state index in [-0.39, 0.29) is 0 Å². The van der Waals surface area contributed by atoms with Gasteiger partial charge >= 0.3 is 0 Å². The Morgan fingerprint density at radius 1 is 1.18 bits per heavy atom. The largest absolute Gasteiger partial charge is 0.340 e. The highest BCUT2D eigenvalue weighted by Crippen LogP contribution is 2.39. The van der Waals surface area contributed by atoms with Crippen LogP contribution in [-0.4, -0.2) is 25.0 Å². The molecule has 1 aliphatic carbocycles. The molecule has 2 aromatic heterocycles. The lowest BCUT2D eigenvalue weighted by atomic mass is 10.2. The minimum Gasteiger partial charge on any atom is -0.340 e. The van der Waals surface area contributed by atoms with Crippen molar-refractivity contribution in [3.8, 4) is 5.69 Å². The molecule has 1 aliphatic rings. The van der Waals surface area contributed by atoms with Crippen molar-refractivity contribution in [2.24, 2.45) is 0 Å². The topological polar surface area (TPSA) is 68.5 Å². The van der Waals surface area contributed by atoms with E-state index in [1.54, 1.807) is 23.1 Å². The monoisotopic (exact) mass is 312 g/mol. The Balaban J connectivity index is 1.62. The van der Waals surface area contributed by atoms with Crippen molar-refractivity contribution in [1.82, 2.24) is 25.0 Å². The summed E-state index contributed by atoms with van der Waals surface area (Å²) in [4.78, 5) is 8.83. The molecule has 0 aliphatic heterocycles. The van der Waals surface area contributed by atoms with Crippen molar-refractivity contribution in [3.05, 3.63) is 53.7 Å². The van der Waals surface area contributed by atoms with Crippen molar-refractivity contribution in [2.75, 3.05) is 5.32 Å². The molecule has 6 nitrogen and oxygen atoms in total. The van der Waals surface area contributed by atoms with Gasteiger partial charge < -0.3 is 5.32 Å². The van der Waals surface area contributed by atoms with Gasteiger partial charge in [0.25, 0.3) is 0 Å². The average Bonchev–Trinajstić information content (AvgIpc) is 3.22. The fraction of sp³-hybridized carbons (Fsp3) is 0.200. The number of aromatic nitrogens is 5. The molecule has 0 amide bonds. The summed E-state index contributed by atoms with van der Waals surface area (Å²) < 4.78 is 1.70. The number of anilines is 2. The Morgan fingerprint density at radius 3 is 2.86 bits per heavy atom. The molecule has 7 heteroatoms. The van der Waals surface area contributed by atoms with Gasteiger partial charge in [-0.3, -0.25) is 0 Å². The summed E-state index contributed by atoms with van der Waals surface area (Å²) in [6, 6.07) is 9.58. The second kappa shape index (κ2) is 5.38. The molecule has 110 valence electrons. The van der Waals surface area contributed by atoms with Crippen LogP contribution in [0.2, 0.25) is 5.15 Å². The van der Waals surface area contributed by atoms with Crippen LogP contribution in [0.3, 0.4) is 0 Å². The summed E-state index contributed by atoms with van der Waals surface area (Å²) in [7, 11) is 0. The van der Waals surface area contributed by atoms with E-state index in [4.69, 9.17) is 11.6 Å². The molecular weight excluding hydrogens is 300 g/mol. The molecule has 2 heterocycles. The van der Waals surface area contributed by atoms with Gasteiger partial charge in [-0.25, -0.2) is 14.6 Å². The maximum atomic E-state index is 6.09. The van der Waals surface area contributed by atoms with E-state index in [1.807, 2.05) is 24.3 Å². The SMILES string of the molecule is Clc1cc(Nc2cccc(-n3ccnn3)c2)nc(C2CC2)n1. The van der Waals surface area contributed by atoms with Crippen LogP contribution in [0, 0.1) is 0 Å². The molecule has 1 fully saturated rings. The van der Waals surface area contributed by atoms with E-state index >= 15 is 0 Å². The van der Waals surface area contributed by atoms with Crippen LogP contribution < -0.4 is 5.32 Å². The van der Waals surface area contributed by atoms with Crippen molar-refractivity contribution >= 4 is 23.1 Å². The number of nitrogens with one attached hydrogen (secondary N) is 1. The van der Waals surface area contributed by atoms with Gasteiger partial charge in [-0.15, -0.1) is 5.10 Å². The smallest absolute Gasteiger partial charge is 0.135 e. The molecule has 1 saturated carbocycles. The zero-order valence-corrected chi connectivity index (χ0v) is 12.4. The summed E-state index contributed by atoms with van der Waals surface area (Å²) >= 11 is 6.09. The van der Waals surface area contributed by atoms with E-state index in [0.717, 1.165) is 30.0 Å². The van der Waals surface area contributed by atoms with Crippen LogP contribution in [0.4, 0.5) is 11.5 Å². The summed E-state index contributed by atoms with van der Waals surface area (Å²) in [5.41, 5.74) is 1.83. The molecule has 0 spiro atoms. The number of halogens is 1. The first-order valence-corrected chi connectivity index (χ1v) is 7.44. The molecule has 1 N–H and O–H groups in total. The fourth-order valence-corrected chi connectivity index (χ4v) is 2.43. The zero-order valence-electron chi connectivity index (χ0n) is 11.6. The lowest BCUT2D eigenvalue weighted by Crippen LogP contribution is -2.01. The Kier molecular flexibility index (Phi) is 3.23. The minimum atomic E-state index is 0.459. The third kappa shape index (κ3) is 2.78. The van der Waals surface area contributed by atoms with Crippen LogP contribution >= 0.6 is 11.6 Å². The van der Waals surface area contributed by atoms with Crippen LogP contribution in [0.25, 0.3) is 5.69 Å². The third-order valence-corrected chi connectivity index (χ3v) is 3.65. The normalized spacial score (nSPS) is 14.0. The van der Waals surface area contributed by atoms with E-state index in [2.05, 4.69) is 25.6 Å². The highest BCUT2D eigenvalue weighted by atomic mass is 35.5. The Morgan fingerprint density at radius 2 is 2.09 bits per heavy atom. The lowest BCUT2D eigenvalue weighted by Gasteiger charge is -2.09. The number of rotatable bonds is 4. The van der Waals surface area contributed by atoms with Gasteiger partial charge in [0.2, 0.25) is 0 Å². The molecule has 0 atom stereocenters. The van der Waals surface area contributed by atoms with Crippen molar-refractivity contribution < 1.29 is 0 Å². The first kappa shape index (κ1) is 13.2. The lowest BCUT2D eigenvalue weighted by molar-refractivity contribution is 0.803. The molecule has 0 saturated heterocycles. The van der Waals surface area contributed by atoms with Gasteiger partial charge in [-0.2, -0.15) is 0 Å². The maximum absolute atomic E-state index is 6.09. The molecule has 0 unspecified atom stereocenters. The standard InChI is InChI=1S/C15H13ClN6/c16-13-9-14(20-15(19-13)10-4-5-10)18-11-2-1-3-12(8-11)22-7-6-17-21-22/h1-3,6-10H,4-5H2,(H,18,19,20). The third-order valence-electron chi connectivity index (χ3n) is 3.46. The van der Waals surface area contributed by atoms with Crippen molar-refractivity contribution in [2.45, 2.75) is 18.8 Å². The predicted octanol–water partition coefficient (Wildman–Crippen LogP) is 3.33. The second-order valence-corrected chi connectivity index (χ2v) is 5.62. The maximum Gasteiger partial charge on any atom is 0.135 e. The first-order chi connectivity index (χ1) is 10.8. The van der Waals surface area contributed by atoms with Gasteiger partial charge in [0.05, 0.1) is 18.1 Å². The predicted molar refractivity (Wildman–Crippen MR) is 83.7 cm³/mol. The number of nitrogens with zero attached hydrogens (tertiary/aromatic N) is 5. The minimum absolute atomic E-state index is 0.459. The van der Waals surface area contributed by atoms with Crippen LogP contribution in [0.1, 0.15) is 24.6 Å². The van der Waals surface area contributed by atoms with E-state index in [1.165, 1.54) is 0 Å².